The predicted molar refractivity (Wildman–Crippen MR) is 180 cm³/mol. The summed E-state index contributed by atoms with van der Waals surface area (Å²) in [5.41, 5.74) is 8.30. The van der Waals surface area contributed by atoms with Gasteiger partial charge in [0.05, 0.1) is 13.0 Å². The van der Waals surface area contributed by atoms with E-state index in [-0.39, 0.29) is 36.1 Å². The molecule has 4 heterocycles. The van der Waals surface area contributed by atoms with Gasteiger partial charge in [0.2, 0.25) is 0 Å². The first-order valence-electron chi connectivity index (χ1n) is 16.8. The summed E-state index contributed by atoms with van der Waals surface area (Å²) in [7, 11) is 2.18. The molecular formula is C35H47BrN6O4. The summed E-state index contributed by atoms with van der Waals surface area (Å²) < 4.78 is 0.324. The molecule has 248 valence electrons. The number of halogens is 1. The predicted octanol–water partition coefficient (Wildman–Crippen LogP) is 4.28. The van der Waals surface area contributed by atoms with E-state index in [1.165, 1.54) is 12.8 Å². The van der Waals surface area contributed by atoms with Gasteiger partial charge in [-0.1, -0.05) is 24.3 Å². The lowest BCUT2D eigenvalue weighted by atomic mass is 9.76. The molecule has 2 aromatic rings. The molecule has 4 aliphatic rings. The highest BCUT2D eigenvalue weighted by molar-refractivity contribution is 9.10. The number of nitrogens with one attached hydrogen (secondary N) is 1. The highest BCUT2D eigenvalue weighted by Crippen LogP contribution is 2.47. The molecule has 0 radical (unpaired) electrons. The van der Waals surface area contributed by atoms with Crippen molar-refractivity contribution in [2.24, 2.45) is 11.8 Å². The van der Waals surface area contributed by atoms with E-state index in [1.54, 1.807) is 6.07 Å². The third-order valence-corrected chi connectivity index (χ3v) is 12.3. The van der Waals surface area contributed by atoms with E-state index in [0.717, 1.165) is 49.0 Å². The number of carbonyl (C=O) groups is 3. The van der Waals surface area contributed by atoms with Gasteiger partial charge >= 0.3 is 6.03 Å². The number of carbonyl (C=O) groups excluding carboxylic acids is 3. The summed E-state index contributed by atoms with van der Waals surface area (Å²) in [5, 5.41) is 16.7. The summed E-state index contributed by atoms with van der Waals surface area (Å²) >= 11 is 3.52. The Bertz CT molecular complexity index is 1440. The molecule has 2 unspecified atom stereocenters. The maximum absolute atomic E-state index is 13.7. The van der Waals surface area contributed by atoms with Crippen LogP contribution in [-0.2, 0) is 17.8 Å². The number of para-hydroxylation sites is 1. The second kappa shape index (κ2) is 13.6. The monoisotopic (exact) mass is 694 g/mol. The molecule has 0 spiro atoms. The summed E-state index contributed by atoms with van der Waals surface area (Å²) in [6.45, 7) is 4.60. The summed E-state index contributed by atoms with van der Waals surface area (Å²) in [5.74, 6) is 1.26. The van der Waals surface area contributed by atoms with Gasteiger partial charge in [-0.15, -0.1) is 0 Å². The molecule has 0 saturated carbocycles. The summed E-state index contributed by atoms with van der Waals surface area (Å²) in [6.07, 6.45) is 5.65. The number of anilines is 2. The van der Waals surface area contributed by atoms with Crippen LogP contribution in [0.15, 0.2) is 46.9 Å². The molecule has 3 saturated heterocycles. The zero-order valence-electron chi connectivity index (χ0n) is 26.8. The Morgan fingerprint density at radius 2 is 1.76 bits per heavy atom. The number of rotatable bonds is 7. The Hall–Kier alpha value is -2.99. The Morgan fingerprint density at radius 3 is 2.43 bits per heavy atom. The topological polar surface area (TPSA) is 122 Å². The van der Waals surface area contributed by atoms with E-state index in [2.05, 4.69) is 38.1 Å². The van der Waals surface area contributed by atoms with E-state index in [9.17, 15) is 19.5 Å². The highest BCUT2D eigenvalue weighted by Gasteiger charge is 2.61. The first kappa shape index (κ1) is 32.9. The van der Waals surface area contributed by atoms with Crippen molar-refractivity contribution in [1.82, 2.24) is 14.7 Å². The summed E-state index contributed by atoms with van der Waals surface area (Å²) in [4.78, 5) is 46.6. The fraction of sp³-hybridized carbons (Fsp3) is 0.571. The molecule has 6 rings (SSSR count). The Kier molecular flexibility index (Phi) is 9.75. The van der Waals surface area contributed by atoms with Crippen LogP contribution in [0, 0.1) is 11.8 Å². The molecule has 0 bridgehead atoms. The Morgan fingerprint density at radius 1 is 1.07 bits per heavy atom. The lowest BCUT2D eigenvalue weighted by Crippen LogP contribution is -2.80. The van der Waals surface area contributed by atoms with Gasteiger partial charge in [0.25, 0.3) is 6.09 Å². The molecule has 10 nitrogen and oxygen atoms in total. The van der Waals surface area contributed by atoms with Crippen LogP contribution in [0.3, 0.4) is 0 Å². The van der Waals surface area contributed by atoms with Crippen LogP contribution >= 0.6 is 15.9 Å². The third-order valence-electron chi connectivity index (χ3n) is 11.6. The fourth-order valence-electron chi connectivity index (χ4n) is 8.98. The van der Waals surface area contributed by atoms with Crippen molar-refractivity contribution in [3.63, 3.8) is 0 Å². The zero-order chi connectivity index (χ0) is 32.5. The number of hydrogen-bond donors (Lipinski definition) is 2. The van der Waals surface area contributed by atoms with Crippen LogP contribution in [0.1, 0.15) is 56.1 Å². The van der Waals surface area contributed by atoms with Gasteiger partial charge in [-0.3, -0.25) is 9.38 Å². The van der Waals surface area contributed by atoms with Crippen LogP contribution in [0.5, 0.6) is 0 Å². The van der Waals surface area contributed by atoms with Crippen molar-refractivity contribution in [2.45, 2.75) is 69.6 Å². The number of nitrogens with zero attached hydrogens (tertiary/aromatic N) is 4. The van der Waals surface area contributed by atoms with Crippen LogP contribution in [0.4, 0.5) is 21.0 Å². The van der Waals surface area contributed by atoms with Crippen LogP contribution in [-0.4, -0.2) is 95.6 Å². The van der Waals surface area contributed by atoms with E-state index in [1.807, 2.05) is 41.3 Å². The van der Waals surface area contributed by atoms with E-state index < -0.39 is 11.8 Å². The number of nitrogen functional groups attached to an aromatic ring is 1. The van der Waals surface area contributed by atoms with Crippen LogP contribution in [0.2, 0.25) is 0 Å². The van der Waals surface area contributed by atoms with Gasteiger partial charge in [0, 0.05) is 59.9 Å². The maximum Gasteiger partial charge on any atom is 0.322 e. The number of aldehydes is 1. The number of carboxylic acid groups (broad SMARTS) is 1. The van der Waals surface area contributed by atoms with Crippen molar-refractivity contribution in [3.05, 3.63) is 58.1 Å². The second-order valence-electron chi connectivity index (χ2n) is 14.0. The number of quaternary nitrogens is 1. The second-order valence-corrected chi connectivity index (χ2v) is 14.8. The fourth-order valence-corrected chi connectivity index (χ4v) is 9.40. The largest absolute Gasteiger partial charge is 0.498 e. The van der Waals surface area contributed by atoms with Crippen molar-refractivity contribution >= 4 is 45.7 Å². The SMILES string of the molecule is CN1CCC(C2CCN(C3(CC=O)CC(N4CCc5ccccc5NC4=O)CC[N@+]3(Cc3ccc(N)c(Br)c3)C(=O)[O-])CC2)CC1. The van der Waals surface area contributed by atoms with Gasteiger partial charge in [0.15, 0.2) is 5.66 Å². The lowest BCUT2D eigenvalue weighted by Gasteiger charge is -2.62. The molecule has 11 heteroatoms. The van der Waals surface area contributed by atoms with Crippen molar-refractivity contribution < 1.29 is 24.0 Å². The highest BCUT2D eigenvalue weighted by atomic mass is 79.9. The minimum Gasteiger partial charge on any atom is -0.498 e. The number of amides is 3. The zero-order valence-corrected chi connectivity index (χ0v) is 28.4. The molecule has 46 heavy (non-hydrogen) atoms. The number of hydrogen-bond acceptors (Lipinski definition) is 7. The molecule has 3 fully saturated rings. The quantitative estimate of drug-likeness (QED) is 0.252. The van der Waals surface area contributed by atoms with Gasteiger partial charge < -0.3 is 35.5 Å². The molecular weight excluding hydrogens is 648 g/mol. The van der Waals surface area contributed by atoms with Crippen LogP contribution < -0.4 is 16.2 Å². The van der Waals surface area contributed by atoms with Crippen LogP contribution in [0.25, 0.3) is 0 Å². The first-order chi connectivity index (χ1) is 22.2. The average molecular weight is 696 g/mol. The number of urea groups is 1. The van der Waals surface area contributed by atoms with E-state index in [4.69, 9.17) is 5.73 Å². The van der Waals surface area contributed by atoms with Crippen molar-refractivity contribution in [1.29, 1.82) is 0 Å². The number of likely N-dealkylation sites (tertiary alicyclic amines) is 3. The lowest BCUT2D eigenvalue weighted by molar-refractivity contribution is -0.956. The molecule has 3 N–H and O–H groups in total. The Labute approximate surface area is 280 Å². The molecule has 0 aliphatic carbocycles. The minimum absolute atomic E-state index is 0.0438. The number of fused-ring (bicyclic) bond motifs is 1. The van der Waals surface area contributed by atoms with Gasteiger partial charge in [0.1, 0.15) is 12.8 Å². The molecule has 3 amide bonds. The number of piperidine rings is 3. The van der Waals surface area contributed by atoms with Crippen molar-refractivity contribution in [3.8, 4) is 0 Å². The number of benzene rings is 2. The van der Waals surface area contributed by atoms with Gasteiger partial charge in [-0.2, -0.15) is 0 Å². The molecule has 0 aromatic heterocycles. The number of nitrogens with two attached hydrogens (primary N) is 1. The van der Waals surface area contributed by atoms with Gasteiger partial charge in [-0.25, -0.2) is 4.79 Å². The van der Waals surface area contributed by atoms with E-state index in [0.29, 0.717) is 60.9 Å². The Balaban J connectivity index is 1.35. The summed E-state index contributed by atoms with van der Waals surface area (Å²) in [6, 6.07) is 13.0. The normalized spacial score (nSPS) is 28.7. The first-order valence-corrected chi connectivity index (χ1v) is 17.6. The molecule has 3 atom stereocenters. The third kappa shape index (κ3) is 6.19. The minimum atomic E-state index is -1.18. The van der Waals surface area contributed by atoms with Crippen molar-refractivity contribution in [2.75, 3.05) is 57.4 Å². The molecule has 4 aliphatic heterocycles. The average Bonchev–Trinajstić information content (AvgIpc) is 3.22. The maximum atomic E-state index is 13.7. The van der Waals surface area contributed by atoms with Gasteiger partial charge in [-0.05, 0) is 104 Å². The smallest absolute Gasteiger partial charge is 0.322 e. The standard InChI is InChI=1S/C35H47BrN6O4/c1-39-15-8-26(9-16-39)27-10-17-40(18-11-27)35(14-21-43)23-29(41-19-12-28-4-2-3-5-32(28)38-33(41)44)13-20-42(35,34(45)46)24-25-6-7-31(37)30(36)22-25/h2-7,21-22,26-27,29H,8-20,23-24,37H2,1H3,(H-,38,44,45,46)/t29?,35?,42-/m0/s1. The van der Waals surface area contributed by atoms with E-state index >= 15 is 0 Å². The molecule has 2 aromatic carbocycles.